The van der Waals surface area contributed by atoms with Crippen LogP contribution in [0.5, 0.6) is 0 Å². The van der Waals surface area contributed by atoms with Crippen LogP contribution in [0.3, 0.4) is 0 Å². The summed E-state index contributed by atoms with van der Waals surface area (Å²) in [6, 6.07) is 5.51. The summed E-state index contributed by atoms with van der Waals surface area (Å²) in [4.78, 5) is 66.2. The summed E-state index contributed by atoms with van der Waals surface area (Å²) >= 11 is 0. The predicted octanol–water partition coefficient (Wildman–Crippen LogP) is 2.16. The average molecular weight is 610 g/mol. The molecule has 1 aromatic rings. The first-order valence-electron chi connectivity index (χ1n) is 14.2. The number of piperidine rings is 1. The summed E-state index contributed by atoms with van der Waals surface area (Å²) < 4.78 is 45.1. The maximum absolute atomic E-state index is 13.9. The molecular weight excluding hydrogens is 571 g/mol. The van der Waals surface area contributed by atoms with Gasteiger partial charge < -0.3 is 20.3 Å². The Labute approximate surface area is 247 Å². The van der Waals surface area contributed by atoms with Gasteiger partial charge in [-0.2, -0.15) is 13.2 Å². The quantitative estimate of drug-likeness (QED) is 0.406. The van der Waals surface area contributed by atoms with Crippen LogP contribution in [-0.2, 0) is 30.3 Å². The fourth-order valence-electron chi connectivity index (χ4n) is 6.02. The van der Waals surface area contributed by atoms with Gasteiger partial charge in [0.25, 0.3) is 5.91 Å². The molecule has 2 aliphatic heterocycles. The van der Waals surface area contributed by atoms with Gasteiger partial charge in [-0.05, 0) is 50.0 Å². The van der Waals surface area contributed by atoms with E-state index in [-0.39, 0.29) is 42.7 Å². The Bertz CT molecular complexity index is 1270. The number of alkyl halides is 3. The molecule has 5 atom stereocenters. The molecule has 1 aliphatic carbocycles. The Hall–Kier alpha value is -3.84. The maximum atomic E-state index is 13.9. The lowest BCUT2D eigenvalue weighted by molar-refractivity contribution is -0.175. The Balaban J connectivity index is 1.60. The highest BCUT2D eigenvalue weighted by molar-refractivity contribution is 5.95. The zero-order valence-electron chi connectivity index (χ0n) is 24.8. The van der Waals surface area contributed by atoms with Crippen LogP contribution in [0.15, 0.2) is 30.3 Å². The van der Waals surface area contributed by atoms with Gasteiger partial charge in [-0.1, -0.05) is 44.2 Å². The van der Waals surface area contributed by atoms with E-state index in [1.54, 1.807) is 51.1 Å². The Morgan fingerprint density at radius 2 is 1.79 bits per heavy atom. The van der Waals surface area contributed by atoms with Crippen LogP contribution in [0, 0.1) is 23.2 Å². The molecule has 43 heavy (non-hydrogen) atoms. The first-order chi connectivity index (χ1) is 19.9. The van der Waals surface area contributed by atoms with E-state index in [2.05, 4.69) is 10.7 Å². The number of hydrogen-bond acceptors (Lipinski definition) is 6. The van der Waals surface area contributed by atoms with Crippen molar-refractivity contribution < 1.29 is 41.9 Å². The number of hydrogen-bond donors (Lipinski definition) is 3. The molecular formula is C29H38F3N5O6. The third-order valence-corrected chi connectivity index (χ3v) is 8.33. The van der Waals surface area contributed by atoms with Gasteiger partial charge in [-0.3, -0.25) is 24.6 Å². The van der Waals surface area contributed by atoms with Gasteiger partial charge in [0, 0.05) is 19.5 Å². The number of nitrogens with one attached hydrogen (secondary N) is 3. The number of fused-ring (bicyclic) bond motifs is 1. The molecule has 0 aromatic heterocycles. The number of carbonyl (C=O) groups is 5. The number of nitrogens with zero attached hydrogens (tertiary/aromatic N) is 2. The van der Waals surface area contributed by atoms with Gasteiger partial charge in [0.15, 0.2) is 0 Å². The van der Waals surface area contributed by atoms with Gasteiger partial charge in [0.05, 0.1) is 12.5 Å². The molecule has 0 unspecified atom stereocenters. The van der Waals surface area contributed by atoms with Crippen LogP contribution < -0.4 is 16.1 Å². The van der Waals surface area contributed by atoms with Crippen molar-refractivity contribution in [2.45, 2.75) is 71.3 Å². The molecule has 1 saturated carbocycles. The normalized spacial score (nSPS) is 24.8. The van der Waals surface area contributed by atoms with E-state index in [0.29, 0.717) is 18.5 Å². The summed E-state index contributed by atoms with van der Waals surface area (Å²) in [5, 5.41) is 5.41. The molecule has 5 amide bonds. The number of ether oxygens (including phenoxy) is 1. The van der Waals surface area contributed by atoms with Crippen LogP contribution in [0.2, 0.25) is 0 Å². The molecule has 3 N–H and O–H groups in total. The molecule has 2 heterocycles. The molecule has 3 aliphatic rings. The van der Waals surface area contributed by atoms with Crippen molar-refractivity contribution in [2.24, 2.45) is 23.2 Å². The van der Waals surface area contributed by atoms with Crippen LogP contribution in [0.1, 0.15) is 46.6 Å². The fourth-order valence-corrected chi connectivity index (χ4v) is 6.02. The van der Waals surface area contributed by atoms with E-state index < -0.39 is 53.6 Å². The van der Waals surface area contributed by atoms with Gasteiger partial charge in [-0.15, -0.1) is 0 Å². The van der Waals surface area contributed by atoms with Gasteiger partial charge in [-0.25, -0.2) is 9.80 Å². The number of amides is 5. The van der Waals surface area contributed by atoms with Crippen molar-refractivity contribution in [1.82, 2.24) is 26.0 Å². The van der Waals surface area contributed by atoms with Crippen molar-refractivity contribution in [2.75, 3.05) is 19.6 Å². The lowest BCUT2D eigenvalue weighted by atomic mass is 9.98. The molecule has 0 radical (unpaired) electrons. The summed E-state index contributed by atoms with van der Waals surface area (Å²) in [5.74, 6) is -5.21. The molecule has 236 valence electrons. The van der Waals surface area contributed by atoms with E-state index in [1.165, 1.54) is 4.90 Å². The standard InChI is InChI=1S/C29H38F3N5O6/c1-27(2,3)43-26(42)37(14-17-11-12-33-22(17)38)35-23(39)21-20-18(28(20,4)5)15-36(21)24(40)19(34-25(41)29(30,31)32)13-16-9-7-6-8-10-16/h6-10,17-21H,11-15H2,1-5H3,(H,33,38)(H,34,41)(H,35,39)/t17-,18-,19-,20-,21-/m0/s1. The van der Waals surface area contributed by atoms with Crippen molar-refractivity contribution in [3.63, 3.8) is 0 Å². The number of hydrazine groups is 1. The Morgan fingerprint density at radius 1 is 1.14 bits per heavy atom. The molecule has 14 heteroatoms. The zero-order chi connectivity index (χ0) is 31.9. The summed E-state index contributed by atoms with van der Waals surface area (Å²) in [5.41, 5.74) is 1.78. The Morgan fingerprint density at radius 3 is 2.35 bits per heavy atom. The van der Waals surface area contributed by atoms with Gasteiger partial charge in [0.2, 0.25) is 11.8 Å². The van der Waals surface area contributed by atoms with Crippen molar-refractivity contribution >= 4 is 29.7 Å². The second-order valence-corrected chi connectivity index (χ2v) is 12.9. The average Bonchev–Trinajstić information content (AvgIpc) is 3.24. The molecule has 2 saturated heterocycles. The highest BCUT2D eigenvalue weighted by Gasteiger charge is 2.69. The number of rotatable bonds is 7. The minimum Gasteiger partial charge on any atom is -0.442 e. The highest BCUT2D eigenvalue weighted by atomic mass is 19.4. The molecule has 1 aromatic carbocycles. The van der Waals surface area contributed by atoms with Crippen LogP contribution >= 0.6 is 0 Å². The largest absolute Gasteiger partial charge is 0.471 e. The van der Waals surface area contributed by atoms with E-state index in [0.717, 1.165) is 5.01 Å². The van der Waals surface area contributed by atoms with Gasteiger partial charge in [0.1, 0.15) is 17.7 Å². The van der Waals surface area contributed by atoms with E-state index in [9.17, 15) is 37.1 Å². The van der Waals surface area contributed by atoms with Gasteiger partial charge >= 0.3 is 18.2 Å². The van der Waals surface area contributed by atoms with E-state index in [4.69, 9.17) is 4.74 Å². The predicted molar refractivity (Wildman–Crippen MR) is 147 cm³/mol. The monoisotopic (exact) mass is 609 g/mol. The molecule has 0 spiro atoms. The first kappa shape index (κ1) is 32.1. The van der Waals surface area contributed by atoms with Crippen LogP contribution in [0.25, 0.3) is 0 Å². The summed E-state index contributed by atoms with van der Waals surface area (Å²) in [7, 11) is 0. The third-order valence-electron chi connectivity index (χ3n) is 8.33. The molecule has 3 fully saturated rings. The molecule has 0 bridgehead atoms. The first-order valence-corrected chi connectivity index (χ1v) is 14.2. The number of likely N-dealkylation sites (tertiary alicyclic amines) is 1. The topological polar surface area (TPSA) is 137 Å². The second kappa shape index (κ2) is 11.7. The number of benzene rings is 1. The number of halogens is 3. The zero-order valence-corrected chi connectivity index (χ0v) is 24.8. The lowest BCUT2D eigenvalue weighted by Crippen LogP contribution is -2.60. The smallest absolute Gasteiger partial charge is 0.442 e. The summed E-state index contributed by atoms with van der Waals surface area (Å²) in [6.45, 7) is 9.09. The third kappa shape index (κ3) is 7.21. The summed E-state index contributed by atoms with van der Waals surface area (Å²) in [6.07, 6.45) is -5.92. The molecule has 4 rings (SSSR count). The minimum absolute atomic E-state index is 0.0826. The van der Waals surface area contributed by atoms with Crippen molar-refractivity contribution in [3.05, 3.63) is 35.9 Å². The van der Waals surface area contributed by atoms with E-state index in [1.807, 2.05) is 19.2 Å². The van der Waals surface area contributed by atoms with Crippen molar-refractivity contribution in [3.8, 4) is 0 Å². The van der Waals surface area contributed by atoms with Crippen LogP contribution in [-0.4, -0.2) is 83.1 Å². The van der Waals surface area contributed by atoms with E-state index >= 15 is 0 Å². The maximum Gasteiger partial charge on any atom is 0.471 e. The second-order valence-electron chi connectivity index (χ2n) is 12.9. The Kier molecular flexibility index (Phi) is 8.72. The minimum atomic E-state index is -5.22. The molecule has 11 nitrogen and oxygen atoms in total. The lowest BCUT2D eigenvalue weighted by Gasteiger charge is -2.35. The SMILES string of the molecule is CC(C)(C)OC(=O)N(C[C@@H]1CCNC1=O)NC(=O)[C@@H]1[C@@H]2[C@H](CN1C(=O)[C@H](Cc1ccccc1)NC(=O)C(F)(F)F)C2(C)C. The number of carbonyl (C=O) groups excluding carboxylic acids is 5. The fraction of sp³-hybridized carbons (Fsp3) is 0.621. The van der Waals surface area contributed by atoms with Crippen LogP contribution in [0.4, 0.5) is 18.0 Å². The van der Waals surface area contributed by atoms with Crippen molar-refractivity contribution in [1.29, 1.82) is 0 Å². The highest BCUT2D eigenvalue weighted by Crippen LogP contribution is 2.65.